The van der Waals surface area contributed by atoms with Gasteiger partial charge in [0.2, 0.25) is 10.0 Å². The number of nitrogen functional groups attached to an aromatic ring is 1. The predicted molar refractivity (Wildman–Crippen MR) is 61.2 cm³/mol. The van der Waals surface area contributed by atoms with Crippen molar-refractivity contribution in [3.8, 4) is 0 Å². The summed E-state index contributed by atoms with van der Waals surface area (Å²) in [5.74, 6) is 0. The SMILES string of the molecule is CCN(C)c1ccc(N)cc1S(N)(=O)=O. The molecule has 0 saturated carbocycles. The van der Waals surface area contributed by atoms with Crippen LogP contribution in [0.15, 0.2) is 23.1 Å². The summed E-state index contributed by atoms with van der Waals surface area (Å²) in [5, 5.41) is 5.11. The third-order valence-electron chi connectivity index (χ3n) is 2.18. The predicted octanol–water partition coefficient (Wildman–Crippen LogP) is 0.372. The van der Waals surface area contributed by atoms with Gasteiger partial charge in [-0.05, 0) is 25.1 Å². The van der Waals surface area contributed by atoms with Gasteiger partial charge in [0.15, 0.2) is 0 Å². The second-order valence-electron chi connectivity index (χ2n) is 3.29. The number of nitrogens with two attached hydrogens (primary N) is 2. The molecule has 0 aliphatic carbocycles. The summed E-state index contributed by atoms with van der Waals surface area (Å²) >= 11 is 0. The van der Waals surface area contributed by atoms with E-state index in [4.69, 9.17) is 10.9 Å². The van der Waals surface area contributed by atoms with Crippen molar-refractivity contribution in [3.63, 3.8) is 0 Å². The Bertz CT molecular complexity index is 456. The van der Waals surface area contributed by atoms with Crippen molar-refractivity contribution in [2.75, 3.05) is 24.2 Å². The minimum Gasteiger partial charge on any atom is -0.399 e. The average Bonchev–Trinajstić information content (AvgIpc) is 2.15. The number of hydrogen-bond donors (Lipinski definition) is 2. The first-order valence-electron chi connectivity index (χ1n) is 4.49. The van der Waals surface area contributed by atoms with Gasteiger partial charge in [0.1, 0.15) is 4.90 Å². The quantitative estimate of drug-likeness (QED) is 0.733. The normalized spacial score (nSPS) is 11.4. The number of nitrogens with zero attached hydrogens (tertiary/aromatic N) is 1. The van der Waals surface area contributed by atoms with Gasteiger partial charge < -0.3 is 10.6 Å². The molecule has 0 amide bonds. The molecule has 0 bridgehead atoms. The van der Waals surface area contributed by atoms with Crippen molar-refractivity contribution < 1.29 is 8.42 Å². The van der Waals surface area contributed by atoms with Gasteiger partial charge in [-0.1, -0.05) is 0 Å². The van der Waals surface area contributed by atoms with E-state index in [1.54, 1.807) is 24.1 Å². The highest BCUT2D eigenvalue weighted by Crippen LogP contribution is 2.25. The molecular formula is C9H15N3O2S. The molecule has 0 spiro atoms. The van der Waals surface area contributed by atoms with Gasteiger partial charge in [0.25, 0.3) is 0 Å². The lowest BCUT2D eigenvalue weighted by Crippen LogP contribution is -2.22. The Balaban J connectivity index is 3.40. The average molecular weight is 229 g/mol. The van der Waals surface area contributed by atoms with Crippen LogP contribution in [-0.4, -0.2) is 22.0 Å². The van der Waals surface area contributed by atoms with Gasteiger partial charge in [-0.3, -0.25) is 0 Å². The van der Waals surface area contributed by atoms with E-state index in [1.807, 2.05) is 6.92 Å². The van der Waals surface area contributed by atoms with Crippen molar-refractivity contribution in [1.82, 2.24) is 0 Å². The zero-order valence-corrected chi connectivity index (χ0v) is 9.58. The standard InChI is InChI=1S/C9H15N3O2S/c1-3-12(2)8-5-4-7(10)6-9(8)15(11,13)14/h4-6H,3,10H2,1-2H3,(H2,11,13,14). The largest absolute Gasteiger partial charge is 0.399 e. The van der Waals surface area contributed by atoms with E-state index in [9.17, 15) is 8.42 Å². The molecule has 5 nitrogen and oxygen atoms in total. The summed E-state index contributed by atoms with van der Waals surface area (Å²) < 4.78 is 22.6. The summed E-state index contributed by atoms with van der Waals surface area (Å²) in [6.45, 7) is 2.61. The van der Waals surface area contributed by atoms with Gasteiger partial charge in [-0.25, -0.2) is 13.6 Å². The Kier molecular flexibility index (Phi) is 3.21. The fourth-order valence-corrected chi connectivity index (χ4v) is 2.06. The maximum absolute atomic E-state index is 11.3. The van der Waals surface area contributed by atoms with Gasteiger partial charge >= 0.3 is 0 Å². The van der Waals surface area contributed by atoms with Crippen molar-refractivity contribution >= 4 is 21.4 Å². The fraction of sp³-hybridized carbons (Fsp3) is 0.333. The van der Waals surface area contributed by atoms with E-state index in [-0.39, 0.29) is 4.90 Å². The Labute approximate surface area is 89.7 Å². The Morgan fingerprint density at radius 3 is 2.47 bits per heavy atom. The van der Waals surface area contributed by atoms with Crippen LogP contribution in [0.4, 0.5) is 11.4 Å². The smallest absolute Gasteiger partial charge is 0.240 e. The molecule has 0 atom stereocenters. The lowest BCUT2D eigenvalue weighted by atomic mass is 10.2. The first-order chi connectivity index (χ1) is 6.86. The first-order valence-corrected chi connectivity index (χ1v) is 6.04. The van der Waals surface area contributed by atoms with Crippen LogP contribution in [-0.2, 0) is 10.0 Å². The number of sulfonamides is 1. The molecule has 0 aromatic heterocycles. The van der Waals surface area contributed by atoms with Crippen molar-refractivity contribution in [2.24, 2.45) is 5.14 Å². The molecule has 0 heterocycles. The molecule has 1 aromatic rings. The topological polar surface area (TPSA) is 89.4 Å². The van der Waals surface area contributed by atoms with Crippen LogP contribution in [0.5, 0.6) is 0 Å². The molecule has 0 aliphatic heterocycles. The summed E-state index contributed by atoms with van der Waals surface area (Å²) in [7, 11) is -1.94. The van der Waals surface area contributed by atoms with Gasteiger partial charge in [-0.2, -0.15) is 0 Å². The lowest BCUT2D eigenvalue weighted by molar-refractivity contribution is 0.597. The number of primary sulfonamides is 1. The molecule has 0 radical (unpaired) electrons. The van der Waals surface area contributed by atoms with Crippen LogP contribution in [0.1, 0.15) is 6.92 Å². The fourth-order valence-electron chi connectivity index (χ4n) is 1.24. The Morgan fingerprint density at radius 2 is 2.00 bits per heavy atom. The number of anilines is 2. The van der Waals surface area contributed by atoms with Crippen LogP contribution >= 0.6 is 0 Å². The maximum atomic E-state index is 11.3. The molecule has 0 fully saturated rings. The van der Waals surface area contributed by atoms with Crippen molar-refractivity contribution in [2.45, 2.75) is 11.8 Å². The molecule has 1 aromatic carbocycles. The van der Waals surface area contributed by atoms with Crippen LogP contribution in [0.25, 0.3) is 0 Å². The van der Waals surface area contributed by atoms with Crippen LogP contribution in [0, 0.1) is 0 Å². The van der Waals surface area contributed by atoms with Gasteiger partial charge in [-0.15, -0.1) is 0 Å². The molecular weight excluding hydrogens is 214 g/mol. The zero-order chi connectivity index (χ0) is 11.6. The number of rotatable bonds is 3. The summed E-state index contributed by atoms with van der Waals surface area (Å²) in [5.41, 5.74) is 6.47. The van der Waals surface area contributed by atoms with Gasteiger partial charge in [0, 0.05) is 19.3 Å². The summed E-state index contributed by atoms with van der Waals surface area (Å²) in [6.07, 6.45) is 0. The molecule has 4 N–H and O–H groups in total. The van der Waals surface area contributed by atoms with E-state index >= 15 is 0 Å². The third kappa shape index (κ3) is 2.60. The second kappa shape index (κ2) is 4.08. The molecule has 1 rings (SSSR count). The maximum Gasteiger partial charge on any atom is 0.240 e. The van der Waals surface area contributed by atoms with Crippen molar-refractivity contribution in [1.29, 1.82) is 0 Å². The summed E-state index contributed by atoms with van der Waals surface area (Å²) in [4.78, 5) is 1.85. The number of hydrogen-bond acceptors (Lipinski definition) is 4. The highest BCUT2D eigenvalue weighted by Gasteiger charge is 2.16. The van der Waals surface area contributed by atoms with E-state index in [0.717, 1.165) is 0 Å². The number of benzene rings is 1. The molecule has 0 unspecified atom stereocenters. The Morgan fingerprint density at radius 1 is 1.40 bits per heavy atom. The van der Waals surface area contributed by atoms with E-state index in [0.29, 0.717) is 17.9 Å². The first kappa shape index (κ1) is 11.8. The molecule has 6 heteroatoms. The van der Waals surface area contributed by atoms with Crippen molar-refractivity contribution in [3.05, 3.63) is 18.2 Å². The van der Waals surface area contributed by atoms with E-state index < -0.39 is 10.0 Å². The minimum absolute atomic E-state index is 0.0619. The molecule has 0 saturated heterocycles. The molecule has 84 valence electrons. The highest BCUT2D eigenvalue weighted by atomic mass is 32.2. The summed E-state index contributed by atoms with van der Waals surface area (Å²) in [6, 6.07) is 4.67. The molecule has 0 aliphatic rings. The Hall–Kier alpha value is -1.27. The molecule has 15 heavy (non-hydrogen) atoms. The highest BCUT2D eigenvalue weighted by molar-refractivity contribution is 7.89. The van der Waals surface area contributed by atoms with Crippen LogP contribution < -0.4 is 15.8 Å². The third-order valence-corrected chi connectivity index (χ3v) is 3.12. The monoisotopic (exact) mass is 229 g/mol. The van der Waals surface area contributed by atoms with E-state index in [2.05, 4.69) is 0 Å². The lowest BCUT2D eigenvalue weighted by Gasteiger charge is -2.19. The zero-order valence-electron chi connectivity index (χ0n) is 8.77. The minimum atomic E-state index is -3.73. The van der Waals surface area contributed by atoms with E-state index in [1.165, 1.54) is 6.07 Å². The second-order valence-corrected chi connectivity index (χ2v) is 4.82. The van der Waals surface area contributed by atoms with Crippen LogP contribution in [0.3, 0.4) is 0 Å². The van der Waals surface area contributed by atoms with Gasteiger partial charge in [0.05, 0.1) is 5.69 Å². The van der Waals surface area contributed by atoms with Crippen LogP contribution in [0.2, 0.25) is 0 Å².